The molecule has 23 heavy (non-hydrogen) atoms. The Bertz CT molecular complexity index is 824. The molecule has 1 heterocycles. The van der Waals surface area contributed by atoms with E-state index in [1.165, 1.54) is 12.3 Å². The number of nitrogens with one attached hydrogen (secondary N) is 1. The van der Waals surface area contributed by atoms with Gasteiger partial charge in [-0.1, -0.05) is 18.2 Å². The number of nitrogens with zero attached hydrogens (tertiary/aromatic N) is 2. The third kappa shape index (κ3) is 3.52. The molecule has 0 saturated heterocycles. The average molecular weight is 307 g/mol. The molecule has 114 valence electrons. The summed E-state index contributed by atoms with van der Waals surface area (Å²) < 4.78 is 15.4. The number of carbonyl (C=O) groups excluding carboxylic acids is 1. The first kappa shape index (κ1) is 14.7. The van der Waals surface area contributed by atoms with Gasteiger partial charge >= 0.3 is 0 Å². The third-order valence-corrected chi connectivity index (χ3v) is 3.31. The summed E-state index contributed by atoms with van der Waals surface area (Å²) in [6.07, 6.45) is 5.13. The Hall–Kier alpha value is -3.21. The molecule has 0 aliphatic heterocycles. The molecule has 2 aromatic carbocycles. The largest absolute Gasteiger partial charge is 0.324 e. The molecule has 0 radical (unpaired) electrons. The molecule has 0 aliphatic carbocycles. The molecule has 0 aliphatic rings. The normalized spacial score (nSPS) is 10.8. The van der Waals surface area contributed by atoms with E-state index in [1.807, 2.05) is 41.2 Å². The van der Waals surface area contributed by atoms with Crippen molar-refractivity contribution < 1.29 is 9.18 Å². The zero-order valence-corrected chi connectivity index (χ0v) is 12.2. The van der Waals surface area contributed by atoms with Crippen molar-refractivity contribution in [3.05, 3.63) is 90.0 Å². The van der Waals surface area contributed by atoms with Crippen molar-refractivity contribution in [2.24, 2.45) is 5.10 Å². The van der Waals surface area contributed by atoms with Crippen molar-refractivity contribution in [3.63, 3.8) is 0 Å². The van der Waals surface area contributed by atoms with Crippen LogP contribution in [0.1, 0.15) is 15.9 Å². The highest BCUT2D eigenvalue weighted by molar-refractivity contribution is 5.95. The maximum atomic E-state index is 13.4. The molecule has 0 fully saturated rings. The highest BCUT2D eigenvalue weighted by Crippen LogP contribution is 2.10. The second kappa shape index (κ2) is 6.70. The Balaban J connectivity index is 1.66. The fourth-order valence-corrected chi connectivity index (χ4v) is 2.10. The highest BCUT2D eigenvalue weighted by atomic mass is 19.1. The molecule has 5 heteroatoms. The van der Waals surface area contributed by atoms with E-state index in [2.05, 4.69) is 10.5 Å². The number of hydrazone groups is 1. The molecular formula is C18H14FN3O. The number of hydrogen-bond donors (Lipinski definition) is 1. The molecule has 0 bridgehead atoms. The molecule has 0 spiro atoms. The first-order valence-corrected chi connectivity index (χ1v) is 7.05. The van der Waals surface area contributed by atoms with Gasteiger partial charge in [0.1, 0.15) is 5.82 Å². The van der Waals surface area contributed by atoms with Crippen LogP contribution in [0.2, 0.25) is 0 Å². The van der Waals surface area contributed by atoms with E-state index in [-0.39, 0.29) is 11.7 Å². The number of hydrogen-bond acceptors (Lipinski definition) is 2. The summed E-state index contributed by atoms with van der Waals surface area (Å²) in [5, 5.41) is 3.78. The van der Waals surface area contributed by atoms with Crippen molar-refractivity contribution in [1.82, 2.24) is 9.99 Å². The van der Waals surface area contributed by atoms with Crippen LogP contribution in [0.4, 0.5) is 4.39 Å². The number of aromatic nitrogens is 1. The smallest absolute Gasteiger partial charge is 0.271 e. The Kier molecular flexibility index (Phi) is 4.29. The van der Waals surface area contributed by atoms with E-state index in [0.717, 1.165) is 5.69 Å². The maximum Gasteiger partial charge on any atom is 0.271 e. The second-order valence-electron chi connectivity index (χ2n) is 4.86. The van der Waals surface area contributed by atoms with E-state index >= 15 is 0 Å². The molecule has 3 rings (SSSR count). The molecule has 1 aromatic heterocycles. The van der Waals surface area contributed by atoms with Crippen molar-refractivity contribution in [1.29, 1.82) is 0 Å². The van der Waals surface area contributed by atoms with Crippen LogP contribution in [-0.4, -0.2) is 16.7 Å². The zero-order chi connectivity index (χ0) is 16.1. The average Bonchev–Trinajstić information content (AvgIpc) is 3.11. The molecule has 0 saturated carbocycles. The lowest BCUT2D eigenvalue weighted by molar-refractivity contribution is 0.0955. The van der Waals surface area contributed by atoms with Gasteiger partial charge in [0, 0.05) is 29.2 Å². The quantitative estimate of drug-likeness (QED) is 0.583. The Labute approximate surface area is 132 Å². The lowest BCUT2D eigenvalue weighted by Gasteiger charge is -2.04. The van der Waals surface area contributed by atoms with Crippen molar-refractivity contribution in [2.45, 2.75) is 0 Å². The van der Waals surface area contributed by atoms with Crippen LogP contribution in [0, 0.1) is 5.82 Å². The predicted molar refractivity (Wildman–Crippen MR) is 87.2 cm³/mol. The number of rotatable bonds is 4. The van der Waals surface area contributed by atoms with Gasteiger partial charge in [0.05, 0.1) is 6.21 Å². The lowest BCUT2D eigenvalue weighted by atomic mass is 10.2. The summed E-state index contributed by atoms with van der Waals surface area (Å²) in [6.45, 7) is 0. The van der Waals surface area contributed by atoms with Crippen molar-refractivity contribution >= 4 is 12.1 Å². The zero-order valence-electron chi connectivity index (χ0n) is 12.2. The fourth-order valence-electron chi connectivity index (χ4n) is 2.10. The van der Waals surface area contributed by atoms with Crippen molar-refractivity contribution in [3.8, 4) is 5.69 Å². The highest BCUT2D eigenvalue weighted by Gasteiger charge is 2.04. The van der Waals surface area contributed by atoms with Crippen molar-refractivity contribution in [2.75, 3.05) is 0 Å². The monoisotopic (exact) mass is 307 g/mol. The Morgan fingerprint density at radius 2 is 1.70 bits per heavy atom. The fraction of sp³-hybridized carbons (Fsp3) is 0. The summed E-state index contributed by atoms with van der Waals surface area (Å²) in [5.74, 6) is -0.738. The van der Waals surface area contributed by atoms with Gasteiger partial charge in [-0.2, -0.15) is 5.10 Å². The van der Waals surface area contributed by atoms with Gasteiger partial charge in [0.15, 0.2) is 0 Å². The molecular weight excluding hydrogens is 293 g/mol. The van der Waals surface area contributed by atoms with Crippen LogP contribution in [0.3, 0.4) is 0 Å². The van der Waals surface area contributed by atoms with E-state index in [1.54, 1.807) is 30.3 Å². The van der Waals surface area contributed by atoms with Gasteiger partial charge in [-0.3, -0.25) is 4.79 Å². The minimum Gasteiger partial charge on any atom is -0.324 e. The molecule has 0 unspecified atom stereocenters. The minimum absolute atomic E-state index is 0.316. The van der Waals surface area contributed by atoms with Gasteiger partial charge in [0.25, 0.3) is 5.91 Å². The van der Waals surface area contributed by atoms with Gasteiger partial charge in [-0.05, 0) is 42.5 Å². The Morgan fingerprint density at radius 1 is 1.00 bits per heavy atom. The van der Waals surface area contributed by atoms with Crippen LogP contribution in [0.15, 0.2) is 78.2 Å². The summed E-state index contributed by atoms with van der Waals surface area (Å²) in [6, 6.07) is 17.2. The summed E-state index contributed by atoms with van der Waals surface area (Å²) >= 11 is 0. The van der Waals surface area contributed by atoms with Crippen LogP contribution >= 0.6 is 0 Å². The topological polar surface area (TPSA) is 46.4 Å². The molecule has 1 N–H and O–H groups in total. The number of halogens is 1. The number of benzene rings is 2. The maximum absolute atomic E-state index is 13.4. The SMILES string of the molecule is O=C(NN=Cc1ccccc1F)c1ccc(-n2cccc2)cc1. The van der Waals surface area contributed by atoms with E-state index in [9.17, 15) is 9.18 Å². The summed E-state index contributed by atoms with van der Waals surface area (Å²) in [5.41, 5.74) is 4.14. The lowest BCUT2D eigenvalue weighted by Crippen LogP contribution is -2.17. The molecule has 1 amide bonds. The van der Waals surface area contributed by atoms with Crippen LogP contribution < -0.4 is 5.43 Å². The molecule has 0 atom stereocenters. The van der Waals surface area contributed by atoms with Gasteiger partial charge in [-0.15, -0.1) is 0 Å². The Morgan fingerprint density at radius 3 is 2.39 bits per heavy atom. The van der Waals surface area contributed by atoms with E-state index in [4.69, 9.17) is 0 Å². The first-order chi connectivity index (χ1) is 11.2. The van der Waals surface area contributed by atoms with E-state index < -0.39 is 0 Å². The standard InChI is InChI=1S/C18H14FN3O/c19-17-6-2-1-5-15(17)13-20-21-18(23)14-7-9-16(10-8-14)22-11-3-4-12-22/h1-13H,(H,21,23). The summed E-state index contributed by atoms with van der Waals surface area (Å²) in [7, 11) is 0. The predicted octanol–water partition coefficient (Wildman–Crippen LogP) is 3.38. The molecule has 3 aromatic rings. The molecule has 4 nitrogen and oxygen atoms in total. The number of carbonyl (C=O) groups is 1. The van der Waals surface area contributed by atoms with Crippen LogP contribution in [0.25, 0.3) is 5.69 Å². The van der Waals surface area contributed by atoms with Crippen LogP contribution in [-0.2, 0) is 0 Å². The second-order valence-corrected chi connectivity index (χ2v) is 4.86. The minimum atomic E-state index is -0.387. The van der Waals surface area contributed by atoms with Gasteiger partial charge in [0.2, 0.25) is 0 Å². The summed E-state index contributed by atoms with van der Waals surface area (Å²) in [4.78, 5) is 12.0. The first-order valence-electron chi connectivity index (χ1n) is 7.05. The van der Waals surface area contributed by atoms with Gasteiger partial charge in [-0.25, -0.2) is 9.82 Å². The third-order valence-electron chi connectivity index (χ3n) is 3.31. The number of amides is 1. The van der Waals surface area contributed by atoms with Gasteiger partial charge < -0.3 is 4.57 Å². The van der Waals surface area contributed by atoms with E-state index in [0.29, 0.717) is 11.1 Å². The van der Waals surface area contributed by atoms with Crippen LogP contribution in [0.5, 0.6) is 0 Å².